The van der Waals surface area contributed by atoms with Gasteiger partial charge in [-0.05, 0) is 48.0 Å². The Hall–Kier alpha value is -2.40. The van der Waals surface area contributed by atoms with Crippen LogP contribution in [-0.2, 0) is 6.42 Å². The van der Waals surface area contributed by atoms with E-state index < -0.39 is 0 Å². The molecule has 0 atom stereocenters. The summed E-state index contributed by atoms with van der Waals surface area (Å²) in [5, 5.41) is 4.06. The number of anilines is 2. The lowest BCUT2D eigenvalue weighted by Gasteiger charge is -2.04. The van der Waals surface area contributed by atoms with Crippen molar-refractivity contribution in [2.45, 2.75) is 6.42 Å². The third kappa shape index (κ3) is 2.23. The number of nitrogens with one attached hydrogen (secondary N) is 1. The van der Waals surface area contributed by atoms with Crippen LogP contribution in [0.15, 0.2) is 42.5 Å². The Morgan fingerprint density at radius 2 is 2.00 bits per heavy atom. The van der Waals surface area contributed by atoms with Crippen LogP contribution < -0.4 is 10.1 Å². The molecule has 5 heteroatoms. The van der Waals surface area contributed by atoms with Crippen molar-refractivity contribution in [3.63, 3.8) is 0 Å². The lowest BCUT2D eigenvalue weighted by molar-refractivity contribution is 0.414. The van der Waals surface area contributed by atoms with Gasteiger partial charge in [-0.2, -0.15) is 0 Å². The lowest BCUT2D eigenvalue weighted by Crippen LogP contribution is -1.90. The normalized spacial score (nSPS) is 11.9. The van der Waals surface area contributed by atoms with Crippen molar-refractivity contribution in [1.82, 2.24) is 4.98 Å². The van der Waals surface area contributed by atoms with E-state index in [9.17, 15) is 4.39 Å². The maximum Gasteiger partial charge on any atom is 0.187 e. The minimum Gasteiger partial charge on any atom is -0.497 e. The molecule has 1 aliphatic rings. The van der Waals surface area contributed by atoms with Crippen LogP contribution in [0.25, 0.3) is 11.3 Å². The van der Waals surface area contributed by atoms with E-state index in [1.807, 2.05) is 6.07 Å². The van der Waals surface area contributed by atoms with Crippen LogP contribution in [0.4, 0.5) is 15.2 Å². The Bertz CT molecular complexity index is 842. The number of halogens is 1. The number of hydrogen-bond acceptors (Lipinski definition) is 4. The third-order valence-electron chi connectivity index (χ3n) is 3.71. The van der Waals surface area contributed by atoms with E-state index in [0.717, 1.165) is 28.7 Å². The second kappa shape index (κ2) is 5.10. The van der Waals surface area contributed by atoms with Gasteiger partial charge in [0, 0.05) is 22.5 Å². The van der Waals surface area contributed by atoms with Crippen molar-refractivity contribution < 1.29 is 9.13 Å². The molecule has 22 heavy (non-hydrogen) atoms. The average Bonchev–Trinajstić information content (AvgIpc) is 3.05. The Labute approximate surface area is 131 Å². The van der Waals surface area contributed by atoms with Gasteiger partial charge in [-0.1, -0.05) is 0 Å². The molecule has 110 valence electrons. The summed E-state index contributed by atoms with van der Waals surface area (Å²) >= 11 is 1.63. The molecule has 3 aromatic rings. The van der Waals surface area contributed by atoms with Gasteiger partial charge in [0.25, 0.3) is 0 Å². The van der Waals surface area contributed by atoms with Crippen LogP contribution >= 0.6 is 11.3 Å². The van der Waals surface area contributed by atoms with Crippen LogP contribution in [0.2, 0.25) is 0 Å². The number of thiazole rings is 1. The number of ether oxygens (including phenoxy) is 1. The molecule has 2 aromatic carbocycles. The van der Waals surface area contributed by atoms with Crippen molar-refractivity contribution in [3.05, 3.63) is 58.7 Å². The van der Waals surface area contributed by atoms with E-state index in [-0.39, 0.29) is 5.82 Å². The zero-order valence-corrected chi connectivity index (χ0v) is 12.7. The number of nitrogens with zero attached hydrogens (tertiary/aromatic N) is 1. The first-order valence-electron chi connectivity index (χ1n) is 6.92. The van der Waals surface area contributed by atoms with Crippen LogP contribution in [-0.4, -0.2) is 12.1 Å². The van der Waals surface area contributed by atoms with Gasteiger partial charge in [-0.25, -0.2) is 9.37 Å². The summed E-state index contributed by atoms with van der Waals surface area (Å²) in [5.41, 5.74) is 4.29. The first kappa shape index (κ1) is 13.3. The maximum absolute atomic E-state index is 12.9. The Balaban J connectivity index is 1.63. The zero-order valence-electron chi connectivity index (χ0n) is 11.9. The molecule has 1 aliphatic carbocycles. The van der Waals surface area contributed by atoms with Gasteiger partial charge in [-0.3, -0.25) is 0 Å². The molecule has 0 bridgehead atoms. The first-order valence-corrected chi connectivity index (χ1v) is 7.74. The molecule has 0 radical (unpaired) electrons. The molecule has 1 N–H and O–H groups in total. The Morgan fingerprint density at radius 1 is 1.18 bits per heavy atom. The molecule has 1 heterocycles. The van der Waals surface area contributed by atoms with E-state index in [4.69, 9.17) is 4.74 Å². The standard InChI is InChI=1S/C17H13FN2OS/c1-21-13-6-7-14-10(8-13)9-15-16(14)20-17(22-15)19-12-4-2-11(18)3-5-12/h2-8H,9H2,1H3,(H,19,20). The second-order valence-electron chi connectivity index (χ2n) is 5.12. The number of benzene rings is 2. The van der Waals surface area contributed by atoms with Gasteiger partial charge in [0.15, 0.2) is 5.13 Å². The predicted molar refractivity (Wildman–Crippen MR) is 86.6 cm³/mol. The molecular formula is C17H13FN2OS. The molecule has 0 saturated heterocycles. The quantitative estimate of drug-likeness (QED) is 0.600. The minimum atomic E-state index is -0.241. The molecule has 0 spiro atoms. The highest BCUT2D eigenvalue weighted by atomic mass is 32.1. The summed E-state index contributed by atoms with van der Waals surface area (Å²) in [6.45, 7) is 0. The predicted octanol–water partition coefficient (Wildman–Crippen LogP) is 4.61. The fraction of sp³-hybridized carbons (Fsp3) is 0.118. The van der Waals surface area contributed by atoms with E-state index in [2.05, 4.69) is 22.4 Å². The van der Waals surface area contributed by atoms with Gasteiger partial charge in [-0.15, -0.1) is 11.3 Å². The summed E-state index contributed by atoms with van der Waals surface area (Å²) in [5.74, 6) is 0.633. The summed E-state index contributed by atoms with van der Waals surface area (Å²) in [6.07, 6.45) is 0.880. The largest absolute Gasteiger partial charge is 0.497 e. The van der Waals surface area contributed by atoms with Crippen LogP contribution in [0.1, 0.15) is 10.4 Å². The van der Waals surface area contributed by atoms with Crippen LogP contribution in [0.5, 0.6) is 5.75 Å². The SMILES string of the molecule is COc1ccc2c(c1)Cc1sc(Nc3ccc(F)cc3)nc1-2. The van der Waals surface area contributed by atoms with Gasteiger partial charge in [0.1, 0.15) is 11.6 Å². The fourth-order valence-corrected chi connectivity index (χ4v) is 3.66. The smallest absolute Gasteiger partial charge is 0.187 e. The topological polar surface area (TPSA) is 34.1 Å². The van der Waals surface area contributed by atoms with Gasteiger partial charge < -0.3 is 10.1 Å². The van der Waals surface area contributed by atoms with E-state index in [1.54, 1.807) is 30.6 Å². The van der Waals surface area contributed by atoms with Crippen molar-refractivity contribution in [1.29, 1.82) is 0 Å². The molecule has 0 saturated carbocycles. The Morgan fingerprint density at radius 3 is 2.77 bits per heavy atom. The van der Waals surface area contributed by atoms with Crippen LogP contribution in [0.3, 0.4) is 0 Å². The highest BCUT2D eigenvalue weighted by molar-refractivity contribution is 7.16. The molecule has 0 fully saturated rings. The van der Waals surface area contributed by atoms with Crippen molar-refractivity contribution in [3.8, 4) is 17.0 Å². The third-order valence-corrected chi connectivity index (χ3v) is 4.68. The van der Waals surface area contributed by atoms with Gasteiger partial charge >= 0.3 is 0 Å². The summed E-state index contributed by atoms with van der Waals surface area (Å²) in [7, 11) is 1.68. The second-order valence-corrected chi connectivity index (χ2v) is 6.21. The van der Waals surface area contributed by atoms with Gasteiger partial charge in [0.2, 0.25) is 0 Å². The lowest BCUT2D eigenvalue weighted by atomic mass is 10.1. The Kier molecular flexibility index (Phi) is 3.08. The number of hydrogen-bond donors (Lipinski definition) is 1. The number of rotatable bonds is 3. The number of aromatic nitrogens is 1. The monoisotopic (exact) mass is 312 g/mol. The molecule has 0 aliphatic heterocycles. The van der Waals surface area contributed by atoms with E-state index >= 15 is 0 Å². The fourth-order valence-electron chi connectivity index (χ4n) is 2.64. The first-order chi connectivity index (χ1) is 10.7. The number of fused-ring (bicyclic) bond motifs is 3. The summed E-state index contributed by atoms with van der Waals surface area (Å²) in [4.78, 5) is 5.92. The van der Waals surface area contributed by atoms with Gasteiger partial charge in [0.05, 0.1) is 12.8 Å². The van der Waals surface area contributed by atoms with E-state index in [0.29, 0.717) is 0 Å². The van der Waals surface area contributed by atoms with Crippen molar-refractivity contribution in [2.75, 3.05) is 12.4 Å². The molecule has 3 nitrogen and oxygen atoms in total. The highest BCUT2D eigenvalue weighted by Gasteiger charge is 2.23. The minimum absolute atomic E-state index is 0.241. The highest BCUT2D eigenvalue weighted by Crippen LogP contribution is 2.42. The summed E-state index contributed by atoms with van der Waals surface area (Å²) in [6, 6.07) is 12.4. The molecule has 4 rings (SSSR count). The van der Waals surface area contributed by atoms with E-state index in [1.165, 1.54) is 28.1 Å². The van der Waals surface area contributed by atoms with Crippen LogP contribution in [0, 0.1) is 5.82 Å². The maximum atomic E-state index is 12.9. The number of methoxy groups -OCH3 is 1. The molecular weight excluding hydrogens is 299 g/mol. The van der Waals surface area contributed by atoms with Crippen molar-refractivity contribution >= 4 is 22.2 Å². The summed E-state index contributed by atoms with van der Waals surface area (Å²) < 4.78 is 18.2. The van der Waals surface area contributed by atoms with Crippen molar-refractivity contribution in [2.24, 2.45) is 0 Å². The molecule has 0 amide bonds. The zero-order chi connectivity index (χ0) is 15.1. The average molecular weight is 312 g/mol. The molecule has 0 unspecified atom stereocenters. The molecule has 1 aromatic heterocycles.